The molecule has 2 aromatic rings. The molecule has 8 heteroatoms. The van der Waals surface area contributed by atoms with E-state index in [0.717, 1.165) is 22.6 Å². The third-order valence-electron chi connectivity index (χ3n) is 4.73. The largest absolute Gasteiger partial charge is 0.481 e. The van der Waals surface area contributed by atoms with Crippen LogP contribution in [0.15, 0.2) is 24.3 Å². The van der Waals surface area contributed by atoms with Crippen LogP contribution in [0.3, 0.4) is 0 Å². The van der Waals surface area contributed by atoms with Gasteiger partial charge in [0.2, 0.25) is 5.91 Å². The Bertz CT molecular complexity index is 847. The molecule has 1 N–H and O–H groups in total. The average Bonchev–Trinajstić information content (AvgIpc) is 2.90. The molecule has 1 aromatic carbocycles. The number of aryl methyl sites for hydroxylation is 1. The molecule has 0 aliphatic carbocycles. The van der Waals surface area contributed by atoms with Gasteiger partial charge in [-0.25, -0.2) is 9.07 Å². The maximum Gasteiger partial charge on any atom is 0.306 e. The molecule has 1 saturated heterocycles. The number of rotatable bonds is 5. The number of hydrogen-bond acceptors (Lipinski definition) is 4. The first-order chi connectivity index (χ1) is 12.8. The van der Waals surface area contributed by atoms with Gasteiger partial charge in [-0.3, -0.25) is 9.59 Å². The fourth-order valence-electron chi connectivity index (χ4n) is 3.29. The first kappa shape index (κ1) is 19.0. The molecule has 1 aromatic heterocycles. The van der Waals surface area contributed by atoms with Crippen molar-refractivity contribution in [2.45, 2.75) is 32.8 Å². The summed E-state index contributed by atoms with van der Waals surface area (Å²) in [4.78, 5) is 25.2. The first-order valence-electron chi connectivity index (χ1n) is 8.77. The third kappa shape index (κ3) is 4.33. The van der Waals surface area contributed by atoms with Gasteiger partial charge in [0.15, 0.2) is 0 Å². The number of carbonyl (C=O) groups excluding carboxylic acids is 1. The van der Waals surface area contributed by atoms with Crippen molar-refractivity contribution < 1.29 is 23.8 Å². The van der Waals surface area contributed by atoms with E-state index < -0.39 is 12.1 Å². The highest BCUT2D eigenvalue weighted by Gasteiger charge is 2.27. The number of amides is 1. The number of nitrogens with zero attached hydrogens (tertiary/aromatic N) is 3. The normalized spacial score (nSPS) is 17.1. The second kappa shape index (κ2) is 7.87. The van der Waals surface area contributed by atoms with Crippen LogP contribution in [0.25, 0.3) is 5.69 Å². The van der Waals surface area contributed by atoms with Gasteiger partial charge in [0, 0.05) is 24.3 Å². The molecule has 1 amide bonds. The number of aliphatic carboxylic acids is 1. The summed E-state index contributed by atoms with van der Waals surface area (Å²) in [5.74, 6) is -1.35. The molecule has 7 nitrogen and oxygen atoms in total. The standard InChI is InChI=1S/C19H22FN3O4/c1-12-17(13(2)23(21-12)15-5-3-14(20)4-6-15)10-18(24)22-7-8-27-16(11-22)9-19(25)26/h3-6,16H,7-11H2,1-2H3,(H,25,26)/t16-/m0/s1. The molecule has 2 heterocycles. The highest BCUT2D eigenvalue weighted by Crippen LogP contribution is 2.20. The van der Waals surface area contributed by atoms with Gasteiger partial charge in [0.05, 0.1) is 36.9 Å². The zero-order valence-electron chi connectivity index (χ0n) is 15.3. The van der Waals surface area contributed by atoms with E-state index in [1.54, 1.807) is 21.7 Å². The van der Waals surface area contributed by atoms with Crippen molar-refractivity contribution in [2.75, 3.05) is 19.7 Å². The Morgan fingerprint density at radius 2 is 2.00 bits per heavy atom. The van der Waals surface area contributed by atoms with Crippen molar-refractivity contribution in [3.8, 4) is 5.69 Å². The number of hydrogen-bond donors (Lipinski definition) is 1. The van der Waals surface area contributed by atoms with Crippen LogP contribution in [-0.2, 0) is 20.7 Å². The summed E-state index contributed by atoms with van der Waals surface area (Å²) in [5.41, 5.74) is 3.11. The van der Waals surface area contributed by atoms with Crippen LogP contribution < -0.4 is 0 Å². The maximum absolute atomic E-state index is 13.1. The van der Waals surface area contributed by atoms with Crippen LogP contribution in [0.4, 0.5) is 4.39 Å². The Labute approximate surface area is 156 Å². The minimum absolute atomic E-state index is 0.0847. The summed E-state index contributed by atoms with van der Waals surface area (Å²) >= 11 is 0. The summed E-state index contributed by atoms with van der Waals surface area (Å²) in [5, 5.41) is 13.4. The van der Waals surface area contributed by atoms with Crippen molar-refractivity contribution in [3.63, 3.8) is 0 Å². The lowest BCUT2D eigenvalue weighted by molar-refractivity contribution is -0.147. The molecular formula is C19H22FN3O4. The zero-order valence-corrected chi connectivity index (χ0v) is 15.3. The van der Waals surface area contributed by atoms with E-state index in [-0.39, 0.29) is 31.1 Å². The van der Waals surface area contributed by atoms with Crippen molar-refractivity contribution in [3.05, 3.63) is 47.0 Å². The van der Waals surface area contributed by atoms with Crippen molar-refractivity contribution in [1.82, 2.24) is 14.7 Å². The number of halogens is 1. The lowest BCUT2D eigenvalue weighted by Gasteiger charge is -2.32. The molecule has 144 valence electrons. The minimum atomic E-state index is -0.943. The first-order valence-corrected chi connectivity index (χ1v) is 8.77. The molecule has 1 fully saturated rings. The van der Waals surface area contributed by atoms with Gasteiger partial charge < -0.3 is 14.7 Å². The van der Waals surface area contributed by atoms with Crippen LogP contribution in [0.5, 0.6) is 0 Å². The summed E-state index contributed by atoms with van der Waals surface area (Å²) < 4.78 is 20.3. The lowest BCUT2D eigenvalue weighted by Crippen LogP contribution is -2.46. The van der Waals surface area contributed by atoms with E-state index in [2.05, 4.69) is 5.10 Å². The number of carbonyl (C=O) groups is 2. The third-order valence-corrected chi connectivity index (χ3v) is 4.73. The van der Waals surface area contributed by atoms with E-state index >= 15 is 0 Å². The average molecular weight is 375 g/mol. The smallest absolute Gasteiger partial charge is 0.306 e. The van der Waals surface area contributed by atoms with Crippen LogP contribution in [0, 0.1) is 19.7 Å². The number of morpholine rings is 1. The van der Waals surface area contributed by atoms with Gasteiger partial charge in [0.1, 0.15) is 5.82 Å². The monoisotopic (exact) mass is 375 g/mol. The molecule has 0 bridgehead atoms. The zero-order chi connectivity index (χ0) is 19.6. The van der Waals surface area contributed by atoms with E-state index in [1.807, 2.05) is 13.8 Å². The van der Waals surface area contributed by atoms with Gasteiger partial charge in [-0.1, -0.05) is 0 Å². The molecule has 27 heavy (non-hydrogen) atoms. The molecule has 1 aliphatic heterocycles. The highest BCUT2D eigenvalue weighted by atomic mass is 19.1. The van der Waals surface area contributed by atoms with Gasteiger partial charge in [-0.15, -0.1) is 0 Å². The fraction of sp³-hybridized carbons (Fsp3) is 0.421. The summed E-state index contributed by atoms with van der Waals surface area (Å²) in [6.45, 7) is 4.76. The van der Waals surface area contributed by atoms with Crippen molar-refractivity contribution in [2.24, 2.45) is 0 Å². The van der Waals surface area contributed by atoms with Gasteiger partial charge in [-0.05, 0) is 38.1 Å². The maximum atomic E-state index is 13.1. The lowest BCUT2D eigenvalue weighted by atomic mass is 10.1. The molecule has 1 atom stereocenters. The molecule has 0 saturated carbocycles. The fourth-order valence-corrected chi connectivity index (χ4v) is 3.29. The van der Waals surface area contributed by atoms with Crippen molar-refractivity contribution >= 4 is 11.9 Å². The number of aromatic nitrogens is 2. The SMILES string of the molecule is Cc1nn(-c2ccc(F)cc2)c(C)c1CC(=O)N1CCO[C@@H](CC(=O)O)C1. The van der Waals surface area contributed by atoms with Crippen LogP contribution in [0.2, 0.25) is 0 Å². The Morgan fingerprint density at radius 1 is 1.30 bits per heavy atom. The van der Waals surface area contributed by atoms with E-state index in [1.165, 1.54) is 12.1 Å². The molecule has 1 aliphatic rings. The predicted octanol–water partition coefficient (Wildman–Crippen LogP) is 1.87. The molecular weight excluding hydrogens is 353 g/mol. The van der Waals surface area contributed by atoms with Gasteiger partial charge >= 0.3 is 5.97 Å². The molecule has 0 unspecified atom stereocenters. The minimum Gasteiger partial charge on any atom is -0.481 e. The Kier molecular flexibility index (Phi) is 5.55. The summed E-state index contributed by atoms with van der Waals surface area (Å²) in [7, 11) is 0. The number of ether oxygens (including phenoxy) is 1. The quantitative estimate of drug-likeness (QED) is 0.863. The molecule has 0 spiro atoms. The Balaban J connectivity index is 1.74. The summed E-state index contributed by atoms with van der Waals surface area (Å²) in [6, 6.07) is 6.01. The molecule has 3 rings (SSSR count). The number of carboxylic acids is 1. The van der Waals surface area contributed by atoms with E-state index in [9.17, 15) is 14.0 Å². The summed E-state index contributed by atoms with van der Waals surface area (Å²) in [6.07, 6.45) is -0.424. The second-order valence-electron chi connectivity index (χ2n) is 6.64. The molecule has 0 radical (unpaired) electrons. The highest BCUT2D eigenvalue weighted by molar-refractivity contribution is 5.79. The van der Waals surface area contributed by atoms with E-state index in [0.29, 0.717) is 13.2 Å². The van der Waals surface area contributed by atoms with Gasteiger partial charge in [-0.2, -0.15) is 5.10 Å². The van der Waals surface area contributed by atoms with Crippen LogP contribution in [-0.4, -0.2) is 57.5 Å². The topological polar surface area (TPSA) is 84.7 Å². The van der Waals surface area contributed by atoms with Crippen molar-refractivity contribution in [1.29, 1.82) is 0 Å². The van der Waals surface area contributed by atoms with Gasteiger partial charge in [0.25, 0.3) is 0 Å². The number of carboxylic acid groups (broad SMARTS) is 1. The van der Waals surface area contributed by atoms with Crippen LogP contribution in [0.1, 0.15) is 23.4 Å². The Hall–Kier alpha value is -2.74. The number of benzene rings is 1. The Morgan fingerprint density at radius 3 is 2.67 bits per heavy atom. The predicted molar refractivity (Wildman–Crippen MR) is 95.3 cm³/mol. The second-order valence-corrected chi connectivity index (χ2v) is 6.64. The van der Waals surface area contributed by atoms with E-state index in [4.69, 9.17) is 9.84 Å². The van der Waals surface area contributed by atoms with Crippen LogP contribution >= 0.6 is 0 Å².